The molecule has 0 bridgehead atoms. The molecule has 7 nitrogen and oxygen atoms in total. The van der Waals surface area contributed by atoms with Gasteiger partial charge in [0.1, 0.15) is 6.54 Å². The van der Waals surface area contributed by atoms with Crippen LogP contribution in [0.5, 0.6) is 0 Å². The van der Waals surface area contributed by atoms with Crippen molar-refractivity contribution in [2.75, 3.05) is 6.54 Å². The summed E-state index contributed by atoms with van der Waals surface area (Å²) >= 11 is 0. The van der Waals surface area contributed by atoms with Crippen LogP contribution in [0.15, 0.2) is 0 Å². The Morgan fingerprint density at radius 3 is 1.93 bits per heavy atom. The van der Waals surface area contributed by atoms with E-state index in [1.54, 1.807) is 0 Å². The third-order valence-electron chi connectivity index (χ3n) is 1.15. The van der Waals surface area contributed by atoms with Crippen LogP contribution in [0.4, 0.5) is 0 Å². The topological polar surface area (TPSA) is 130 Å². The van der Waals surface area contributed by atoms with Crippen LogP contribution in [0.25, 0.3) is 0 Å². The first kappa shape index (κ1) is 20.7. The molecule has 0 saturated carbocycles. The zero-order valence-corrected chi connectivity index (χ0v) is 12.7. The molecule has 0 fully saturated rings. The number of hydrogen-bond acceptors (Lipinski definition) is 4. The molecule has 0 aliphatic carbocycles. The largest absolute Gasteiger partial charge is 0.481 e. The summed E-state index contributed by atoms with van der Waals surface area (Å²) in [5, 5.41) is 18.3. The normalized spacial score (nSPS) is 10.2. The summed E-state index contributed by atoms with van der Waals surface area (Å²) in [7, 11) is 0. The van der Waals surface area contributed by atoms with Crippen LogP contribution in [0.3, 0.4) is 0 Å². The van der Waals surface area contributed by atoms with Crippen molar-refractivity contribution in [1.29, 1.82) is 0 Å². The van der Waals surface area contributed by atoms with Crippen molar-refractivity contribution in [3.8, 4) is 0 Å². The van der Waals surface area contributed by atoms with E-state index in [0.717, 1.165) is 0 Å². The molecule has 1 amide bonds. The predicted molar refractivity (Wildman–Crippen MR) is 52.4 cm³/mol. The van der Waals surface area contributed by atoms with Gasteiger partial charge in [-0.25, -0.2) is 0 Å². The number of nitrogens with two attached hydrogens (primary N) is 1. The molecule has 0 unspecified atom stereocenters. The zero-order chi connectivity index (χ0) is 10.4. The molecule has 15 heavy (non-hydrogen) atoms. The van der Waals surface area contributed by atoms with Crippen molar-refractivity contribution < 1.29 is 24.6 Å². The number of amides is 1. The number of carboxylic acids is 2. The first-order valence-electron chi connectivity index (χ1n) is 3.40. The number of hydrogen-bond donors (Lipinski definition) is 4. The van der Waals surface area contributed by atoms with Crippen LogP contribution in [-0.4, -0.2) is 99.8 Å². The Bertz CT molecular complexity index is 236. The number of aliphatic carboxylic acids is 2. The van der Waals surface area contributed by atoms with Crippen LogP contribution < -0.4 is 11.1 Å². The Morgan fingerprint density at radius 2 is 1.60 bits per heavy atom. The van der Waals surface area contributed by atoms with E-state index in [-0.39, 0.29) is 59.1 Å². The maximum Gasteiger partial charge on any atom is 0.322 e. The Morgan fingerprint density at radius 1 is 1.13 bits per heavy atom. The van der Waals surface area contributed by atoms with Crippen molar-refractivity contribution in [2.45, 2.75) is 12.5 Å². The molecule has 0 rings (SSSR count). The number of carboxylic acid groups (broad SMARTS) is 2. The van der Waals surface area contributed by atoms with Gasteiger partial charge in [-0.05, 0) is 0 Å². The third kappa shape index (κ3) is 12.3. The minimum absolute atomic E-state index is 0. The van der Waals surface area contributed by atoms with E-state index >= 15 is 0 Å². The molecule has 76 valence electrons. The maximum absolute atomic E-state index is 10.8. The first-order valence-corrected chi connectivity index (χ1v) is 3.40. The van der Waals surface area contributed by atoms with E-state index in [1.807, 2.05) is 5.32 Å². The zero-order valence-electron chi connectivity index (χ0n) is 8.69. The number of carbonyl (C=O) groups is 3. The number of carbonyl (C=O) groups excluding carboxylic acids is 1. The maximum atomic E-state index is 10.8. The summed E-state index contributed by atoms with van der Waals surface area (Å²) in [6.45, 7) is -0.563. The first-order chi connectivity index (χ1) is 5.93. The molecule has 0 saturated heterocycles. The van der Waals surface area contributed by atoms with Crippen LogP contribution in [0.2, 0.25) is 0 Å². The number of rotatable bonds is 5. The predicted octanol–water partition coefficient (Wildman–Crippen LogP) is -2.77. The van der Waals surface area contributed by atoms with Crippen molar-refractivity contribution >= 4 is 77.0 Å². The summed E-state index contributed by atoms with van der Waals surface area (Å²) in [4.78, 5) is 30.9. The standard InChI is InChI=1S/C6H10N2O5.2Na/c7-3(1-4(9)10)6(13)8-2-5(11)12;;/h3H,1-2,7H2,(H,8,13)(H,9,10)(H,11,12);;/t3-;;/m0../s1. The SMILES string of the molecule is N[C@@H](CC(=O)O)C(=O)NCC(=O)O.[Na].[Na]. The van der Waals surface area contributed by atoms with Crippen LogP contribution in [0.1, 0.15) is 6.42 Å². The van der Waals surface area contributed by atoms with Crippen molar-refractivity contribution in [1.82, 2.24) is 5.32 Å². The average Bonchev–Trinajstić information content (AvgIpc) is 1.98. The molecule has 5 N–H and O–H groups in total. The average molecular weight is 236 g/mol. The smallest absolute Gasteiger partial charge is 0.322 e. The van der Waals surface area contributed by atoms with Gasteiger partial charge in [0, 0.05) is 59.1 Å². The molecule has 0 heterocycles. The second kappa shape index (κ2) is 10.9. The molecule has 1 atom stereocenters. The number of nitrogens with one attached hydrogen (secondary N) is 1. The van der Waals surface area contributed by atoms with Gasteiger partial charge in [-0.15, -0.1) is 0 Å². The molecule has 9 heteroatoms. The second-order valence-electron chi connectivity index (χ2n) is 2.32. The van der Waals surface area contributed by atoms with E-state index in [2.05, 4.69) is 0 Å². The van der Waals surface area contributed by atoms with Gasteiger partial charge in [-0.2, -0.15) is 0 Å². The molecule has 0 aromatic rings. The van der Waals surface area contributed by atoms with Gasteiger partial charge in [0.2, 0.25) is 5.91 Å². The van der Waals surface area contributed by atoms with Gasteiger partial charge in [-0.1, -0.05) is 0 Å². The summed E-state index contributed by atoms with van der Waals surface area (Å²) < 4.78 is 0. The van der Waals surface area contributed by atoms with Crippen LogP contribution in [-0.2, 0) is 14.4 Å². The van der Waals surface area contributed by atoms with Gasteiger partial charge in [0.05, 0.1) is 12.5 Å². The quantitative estimate of drug-likeness (QED) is 0.382. The fourth-order valence-corrected chi connectivity index (χ4v) is 0.575. The minimum Gasteiger partial charge on any atom is -0.481 e. The van der Waals surface area contributed by atoms with E-state index in [9.17, 15) is 14.4 Å². The molecular weight excluding hydrogens is 226 g/mol. The van der Waals surface area contributed by atoms with Crippen molar-refractivity contribution in [3.63, 3.8) is 0 Å². The second-order valence-corrected chi connectivity index (χ2v) is 2.32. The van der Waals surface area contributed by atoms with Crippen molar-refractivity contribution in [3.05, 3.63) is 0 Å². The van der Waals surface area contributed by atoms with E-state index in [4.69, 9.17) is 15.9 Å². The molecule has 0 aliphatic rings. The van der Waals surface area contributed by atoms with Crippen molar-refractivity contribution in [2.24, 2.45) is 5.73 Å². The fourth-order valence-electron chi connectivity index (χ4n) is 0.575. The van der Waals surface area contributed by atoms with Gasteiger partial charge in [-0.3, -0.25) is 14.4 Å². The summed E-state index contributed by atoms with van der Waals surface area (Å²) in [5.41, 5.74) is 5.12. The fraction of sp³-hybridized carbons (Fsp3) is 0.500. The van der Waals surface area contributed by atoms with Gasteiger partial charge < -0.3 is 21.3 Å². The molecule has 0 spiro atoms. The van der Waals surface area contributed by atoms with Crippen LogP contribution >= 0.6 is 0 Å². The molecular formula is C6H10N2Na2O5. The van der Waals surface area contributed by atoms with E-state index in [0.29, 0.717) is 0 Å². The molecule has 0 aromatic heterocycles. The Balaban J connectivity index is -0.000000720. The summed E-state index contributed by atoms with van der Waals surface area (Å²) in [6.07, 6.45) is -0.522. The minimum atomic E-state index is -1.21. The summed E-state index contributed by atoms with van der Waals surface area (Å²) in [5.74, 6) is -3.21. The molecule has 0 aromatic carbocycles. The van der Waals surface area contributed by atoms with Gasteiger partial charge >= 0.3 is 11.9 Å². The summed E-state index contributed by atoms with van der Waals surface area (Å²) in [6, 6.07) is -1.21. The van der Waals surface area contributed by atoms with E-state index in [1.165, 1.54) is 0 Å². The monoisotopic (exact) mass is 236 g/mol. The van der Waals surface area contributed by atoms with Gasteiger partial charge in [0.15, 0.2) is 0 Å². The van der Waals surface area contributed by atoms with E-state index < -0.39 is 36.9 Å². The Labute approximate surface area is 130 Å². The Hall–Kier alpha value is 0.370. The third-order valence-corrected chi connectivity index (χ3v) is 1.15. The van der Waals surface area contributed by atoms with Gasteiger partial charge in [0.25, 0.3) is 0 Å². The molecule has 2 radical (unpaired) electrons. The Kier molecular flexibility index (Phi) is 15.0. The van der Waals surface area contributed by atoms with Crippen LogP contribution in [0, 0.1) is 0 Å². The molecule has 0 aliphatic heterocycles.